The molecule has 0 amide bonds. The molecule has 0 saturated heterocycles. The van der Waals surface area contributed by atoms with Crippen molar-refractivity contribution in [2.24, 2.45) is 4.99 Å². The van der Waals surface area contributed by atoms with Crippen LogP contribution < -0.4 is 0 Å². The van der Waals surface area contributed by atoms with Crippen LogP contribution in [0.4, 0.5) is 0 Å². The van der Waals surface area contributed by atoms with Gasteiger partial charge in [-0.15, -0.1) is 0 Å². The van der Waals surface area contributed by atoms with Crippen LogP contribution in [0.25, 0.3) is 0 Å². The maximum absolute atomic E-state index is 10.7. The Morgan fingerprint density at radius 2 is 1.48 bits per heavy atom. The molecule has 0 radical (unpaired) electrons. The zero-order chi connectivity index (χ0) is 20.7. The van der Waals surface area contributed by atoms with Gasteiger partial charge in [0.2, 0.25) is 5.90 Å². The number of aliphatic hydroxyl groups is 1. The van der Waals surface area contributed by atoms with E-state index in [-0.39, 0.29) is 9.97 Å². The summed E-state index contributed by atoms with van der Waals surface area (Å²) in [5.74, 6) is 0.670. The lowest BCUT2D eigenvalue weighted by atomic mass is 10.0. The summed E-state index contributed by atoms with van der Waals surface area (Å²) < 4.78 is 5.97. The standard InChI is InChI=1S/C25H40INO2/c1-2-3-4-5-6-7-8-9-10-11-12-16-19-22(26)24(28)23-20-29-25(27-23)21-17-14-13-15-18-21/h13-15,17-18,22-24,28H,2-12,16,19-20H2,1H3. The van der Waals surface area contributed by atoms with E-state index in [1.165, 1.54) is 77.0 Å². The highest BCUT2D eigenvalue weighted by Crippen LogP contribution is 2.23. The van der Waals surface area contributed by atoms with Gasteiger partial charge in [0.1, 0.15) is 12.6 Å². The Labute approximate surface area is 191 Å². The minimum absolute atomic E-state index is 0.135. The Morgan fingerprint density at radius 3 is 2.07 bits per heavy atom. The molecule has 0 saturated carbocycles. The third-order valence-corrected chi connectivity index (χ3v) is 7.15. The Morgan fingerprint density at radius 1 is 0.931 bits per heavy atom. The monoisotopic (exact) mass is 513 g/mol. The first-order chi connectivity index (χ1) is 14.2. The van der Waals surface area contributed by atoms with E-state index in [0.29, 0.717) is 12.5 Å². The second-order valence-electron chi connectivity index (χ2n) is 8.36. The molecule has 0 aliphatic carbocycles. The molecule has 0 bridgehead atoms. The summed E-state index contributed by atoms with van der Waals surface area (Å²) in [5.41, 5.74) is 0.994. The van der Waals surface area contributed by atoms with Crippen LogP contribution in [0.3, 0.4) is 0 Å². The quantitative estimate of drug-likeness (QED) is 0.146. The van der Waals surface area contributed by atoms with Gasteiger partial charge in [0, 0.05) is 9.49 Å². The molecule has 0 spiro atoms. The molecule has 29 heavy (non-hydrogen) atoms. The molecular weight excluding hydrogens is 473 g/mol. The number of hydrogen-bond donors (Lipinski definition) is 1. The zero-order valence-corrected chi connectivity index (χ0v) is 20.4. The van der Waals surface area contributed by atoms with Crippen LogP contribution in [0.2, 0.25) is 0 Å². The summed E-state index contributed by atoms with van der Waals surface area (Å²) in [5, 5.41) is 10.7. The molecule has 3 atom stereocenters. The third kappa shape index (κ3) is 9.82. The first kappa shape index (κ1) is 24.6. The Bertz CT molecular complexity index is 563. The fourth-order valence-corrected chi connectivity index (χ4v) is 4.81. The number of alkyl halides is 1. The summed E-state index contributed by atoms with van der Waals surface area (Å²) >= 11 is 2.40. The number of unbranched alkanes of at least 4 members (excludes halogenated alkanes) is 11. The van der Waals surface area contributed by atoms with Gasteiger partial charge in [0.15, 0.2) is 0 Å². The largest absolute Gasteiger partial charge is 0.475 e. The van der Waals surface area contributed by atoms with Crippen LogP contribution in [0, 0.1) is 0 Å². The van der Waals surface area contributed by atoms with Gasteiger partial charge in [-0.3, -0.25) is 0 Å². The number of rotatable bonds is 16. The second kappa shape index (κ2) is 15.2. The lowest BCUT2D eigenvalue weighted by Crippen LogP contribution is -2.33. The first-order valence-corrected chi connectivity index (χ1v) is 13.0. The van der Waals surface area contributed by atoms with Crippen molar-refractivity contribution in [2.75, 3.05) is 6.61 Å². The van der Waals surface area contributed by atoms with Gasteiger partial charge in [-0.05, 0) is 18.6 Å². The maximum Gasteiger partial charge on any atom is 0.216 e. The van der Waals surface area contributed by atoms with Crippen molar-refractivity contribution in [3.8, 4) is 0 Å². The molecule has 1 N–H and O–H groups in total. The lowest BCUT2D eigenvalue weighted by Gasteiger charge is -2.20. The molecule has 1 heterocycles. The van der Waals surface area contributed by atoms with Crippen molar-refractivity contribution >= 4 is 28.5 Å². The van der Waals surface area contributed by atoms with Crippen molar-refractivity contribution in [1.82, 2.24) is 0 Å². The topological polar surface area (TPSA) is 41.8 Å². The molecule has 0 aromatic heterocycles. The van der Waals surface area contributed by atoms with Crippen molar-refractivity contribution in [3.05, 3.63) is 35.9 Å². The van der Waals surface area contributed by atoms with Gasteiger partial charge in [0.05, 0.1) is 6.10 Å². The maximum atomic E-state index is 10.7. The second-order valence-corrected chi connectivity index (χ2v) is 9.96. The van der Waals surface area contributed by atoms with E-state index in [2.05, 4.69) is 34.5 Å². The fraction of sp³-hybridized carbons (Fsp3) is 0.720. The summed E-state index contributed by atoms with van der Waals surface area (Å²) in [4.78, 5) is 4.63. The predicted octanol–water partition coefficient (Wildman–Crippen LogP) is 7.09. The molecule has 3 nitrogen and oxygen atoms in total. The van der Waals surface area contributed by atoms with E-state index >= 15 is 0 Å². The molecule has 1 aromatic rings. The van der Waals surface area contributed by atoms with Crippen molar-refractivity contribution in [3.63, 3.8) is 0 Å². The minimum atomic E-state index is -0.426. The molecule has 1 aromatic carbocycles. The van der Waals surface area contributed by atoms with Gasteiger partial charge in [-0.2, -0.15) is 0 Å². The van der Waals surface area contributed by atoms with Crippen LogP contribution in [-0.2, 0) is 4.74 Å². The fourth-order valence-electron chi connectivity index (χ4n) is 3.90. The molecule has 4 heteroatoms. The SMILES string of the molecule is CCCCCCCCCCCCCCC(I)C(O)C1COC(c2ccccc2)=N1. The zero-order valence-electron chi connectivity index (χ0n) is 18.2. The van der Waals surface area contributed by atoms with Gasteiger partial charge < -0.3 is 9.84 Å². The number of aliphatic hydroxyl groups excluding tert-OH is 1. The summed E-state index contributed by atoms with van der Waals surface area (Å²) in [6, 6.07) is 9.83. The first-order valence-electron chi connectivity index (χ1n) is 11.8. The molecular formula is C25H40INO2. The van der Waals surface area contributed by atoms with Gasteiger partial charge in [-0.25, -0.2) is 4.99 Å². The highest BCUT2D eigenvalue weighted by atomic mass is 127. The summed E-state index contributed by atoms with van der Waals surface area (Å²) in [7, 11) is 0. The van der Waals surface area contributed by atoms with Crippen LogP contribution in [0.5, 0.6) is 0 Å². The van der Waals surface area contributed by atoms with E-state index in [0.717, 1.165) is 12.0 Å². The van der Waals surface area contributed by atoms with Crippen molar-refractivity contribution in [2.45, 2.75) is 106 Å². The van der Waals surface area contributed by atoms with Crippen LogP contribution >= 0.6 is 22.6 Å². The van der Waals surface area contributed by atoms with Gasteiger partial charge >= 0.3 is 0 Å². The Hall–Kier alpha value is -0.620. The van der Waals surface area contributed by atoms with E-state index in [1.54, 1.807) is 0 Å². The number of aliphatic imine (C=N–C) groups is 1. The van der Waals surface area contributed by atoms with Gasteiger partial charge in [0.25, 0.3) is 0 Å². The summed E-state index contributed by atoms with van der Waals surface area (Å²) in [6.45, 7) is 2.77. The van der Waals surface area contributed by atoms with E-state index in [4.69, 9.17) is 4.74 Å². The number of benzene rings is 1. The number of ether oxygens (including phenoxy) is 1. The lowest BCUT2D eigenvalue weighted by molar-refractivity contribution is 0.127. The van der Waals surface area contributed by atoms with E-state index in [1.807, 2.05) is 30.3 Å². The number of halogens is 1. The van der Waals surface area contributed by atoms with Crippen LogP contribution in [-0.4, -0.2) is 33.7 Å². The summed E-state index contributed by atoms with van der Waals surface area (Å²) in [6.07, 6.45) is 17.0. The minimum Gasteiger partial charge on any atom is -0.475 e. The normalized spacial score (nSPS) is 18.3. The highest BCUT2D eigenvalue weighted by molar-refractivity contribution is 14.1. The molecule has 0 fully saturated rings. The number of hydrogen-bond acceptors (Lipinski definition) is 3. The average Bonchev–Trinajstić information content (AvgIpc) is 3.24. The van der Waals surface area contributed by atoms with Crippen LogP contribution in [0.15, 0.2) is 35.3 Å². The van der Waals surface area contributed by atoms with Crippen LogP contribution in [0.1, 0.15) is 96.0 Å². The molecule has 3 unspecified atom stereocenters. The average molecular weight is 514 g/mol. The third-order valence-electron chi connectivity index (χ3n) is 5.79. The van der Waals surface area contributed by atoms with Crippen molar-refractivity contribution in [1.29, 1.82) is 0 Å². The molecule has 1 aliphatic rings. The molecule has 1 aliphatic heterocycles. The smallest absolute Gasteiger partial charge is 0.216 e. The molecule has 164 valence electrons. The van der Waals surface area contributed by atoms with E-state index < -0.39 is 6.10 Å². The Kier molecular flexibility index (Phi) is 12.9. The van der Waals surface area contributed by atoms with Crippen molar-refractivity contribution < 1.29 is 9.84 Å². The highest BCUT2D eigenvalue weighted by Gasteiger charge is 2.30. The van der Waals surface area contributed by atoms with E-state index in [9.17, 15) is 5.11 Å². The predicted molar refractivity (Wildman–Crippen MR) is 132 cm³/mol. The number of nitrogens with zero attached hydrogens (tertiary/aromatic N) is 1. The Balaban J connectivity index is 1.50. The molecule has 2 rings (SSSR count). The van der Waals surface area contributed by atoms with Gasteiger partial charge in [-0.1, -0.05) is 125 Å².